The summed E-state index contributed by atoms with van der Waals surface area (Å²) in [6, 6.07) is 16.2. The predicted molar refractivity (Wildman–Crippen MR) is 121 cm³/mol. The summed E-state index contributed by atoms with van der Waals surface area (Å²) in [6.07, 6.45) is 3.55. The van der Waals surface area contributed by atoms with Gasteiger partial charge in [0, 0.05) is 35.0 Å². The second-order valence-corrected chi connectivity index (χ2v) is 8.57. The van der Waals surface area contributed by atoms with Gasteiger partial charge < -0.3 is 10.6 Å². The maximum absolute atomic E-state index is 12.6. The number of rotatable bonds is 8. The number of benzene rings is 2. The van der Waals surface area contributed by atoms with Crippen LogP contribution in [0.25, 0.3) is 0 Å². The molecular formula is C22H22N4O4S. The Morgan fingerprint density at radius 2 is 1.48 bits per heavy atom. The Morgan fingerprint density at radius 3 is 2.16 bits per heavy atom. The van der Waals surface area contributed by atoms with Crippen LogP contribution in [-0.4, -0.2) is 31.0 Å². The van der Waals surface area contributed by atoms with Crippen LogP contribution in [0.4, 0.5) is 17.1 Å². The van der Waals surface area contributed by atoms with Gasteiger partial charge in [0.1, 0.15) is 0 Å². The molecule has 0 bridgehead atoms. The Balaban J connectivity index is 1.64. The first-order valence-electron chi connectivity index (χ1n) is 9.59. The normalized spacial score (nSPS) is 10.9. The molecule has 0 saturated carbocycles. The summed E-state index contributed by atoms with van der Waals surface area (Å²) in [7, 11) is -3.37. The van der Waals surface area contributed by atoms with Gasteiger partial charge in [-0.25, -0.2) is 8.42 Å². The van der Waals surface area contributed by atoms with Gasteiger partial charge in [-0.3, -0.25) is 19.3 Å². The van der Waals surface area contributed by atoms with Crippen LogP contribution in [0.5, 0.6) is 0 Å². The number of hydrogen-bond acceptors (Lipinski definition) is 5. The van der Waals surface area contributed by atoms with E-state index in [9.17, 15) is 18.0 Å². The first-order valence-corrected chi connectivity index (χ1v) is 11.2. The molecule has 0 aliphatic rings. The lowest BCUT2D eigenvalue weighted by Gasteiger charge is -2.10. The van der Waals surface area contributed by atoms with Gasteiger partial charge in [-0.1, -0.05) is 13.0 Å². The fourth-order valence-electron chi connectivity index (χ4n) is 2.76. The van der Waals surface area contributed by atoms with E-state index in [4.69, 9.17) is 0 Å². The van der Waals surface area contributed by atoms with Gasteiger partial charge in [0.25, 0.3) is 11.8 Å². The number of aromatic nitrogens is 1. The van der Waals surface area contributed by atoms with Crippen molar-refractivity contribution >= 4 is 38.9 Å². The van der Waals surface area contributed by atoms with Crippen molar-refractivity contribution in [3.63, 3.8) is 0 Å². The monoisotopic (exact) mass is 438 g/mol. The summed E-state index contributed by atoms with van der Waals surface area (Å²) < 4.78 is 26.2. The van der Waals surface area contributed by atoms with Crippen molar-refractivity contribution < 1.29 is 18.0 Å². The Morgan fingerprint density at radius 1 is 0.839 bits per heavy atom. The van der Waals surface area contributed by atoms with Gasteiger partial charge in [-0.2, -0.15) is 0 Å². The number of anilines is 3. The highest BCUT2D eigenvalue weighted by atomic mass is 32.2. The third kappa shape index (κ3) is 6.38. The number of hydrogen-bond donors (Lipinski definition) is 3. The smallest absolute Gasteiger partial charge is 0.257 e. The predicted octanol–water partition coefficient (Wildman–Crippen LogP) is 3.74. The molecular weight excluding hydrogens is 416 g/mol. The third-order valence-electron chi connectivity index (χ3n) is 4.20. The van der Waals surface area contributed by atoms with Crippen molar-refractivity contribution in [3.05, 3.63) is 84.2 Å². The lowest BCUT2D eigenvalue weighted by molar-refractivity contribution is 0.101. The Kier molecular flexibility index (Phi) is 6.99. The van der Waals surface area contributed by atoms with E-state index in [2.05, 4.69) is 20.3 Å². The molecule has 0 fully saturated rings. The molecule has 160 valence electrons. The van der Waals surface area contributed by atoms with Crippen molar-refractivity contribution in [2.45, 2.75) is 13.3 Å². The SMILES string of the molecule is CCCS(=O)(=O)Nc1ccc(NC(=O)c2cccc(NC(=O)c3cccnc3)c2)cc1. The number of carbonyl (C=O) groups excluding carboxylic acids is 2. The van der Waals surface area contributed by atoms with E-state index in [1.807, 2.05) is 0 Å². The number of carbonyl (C=O) groups is 2. The van der Waals surface area contributed by atoms with Crippen molar-refractivity contribution in [3.8, 4) is 0 Å². The molecule has 2 aromatic carbocycles. The Bertz CT molecular complexity index is 1160. The fraction of sp³-hybridized carbons (Fsp3) is 0.136. The second-order valence-electron chi connectivity index (χ2n) is 6.73. The lowest BCUT2D eigenvalue weighted by Crippen LogP contribution is -2.16. The number of sulfonamides is 1. The molecule has 0 unspecified atom stereocenters. The highest BCUT2D eigenvalue weighted by Gasteiger charge is 2.11. The minimum atomic E-state index is -3.37. The average molecular weight is 439 g/mol. The molecule has 0 radical (unpaired) electrons. The summed E-state index contributed by atoms with van der Waals surface area (Å²) in [5.41, 5.74) is 2.17. The Labute approximate surface area is 180 Å². The van der Waals surface area contributed by atoms with Crippen LogP contribution in [-0.2, 0) is 10.0 Å². The van der Waals surface area contributed by atoms with Gasteiger partial charge in [0.05, 0.1) is 11.3 Å². The number of nitrogens with one attached hydrogen (secondary N) is 3. The van der Waals surface area contributed by atoms with E-state index in [0.29, 0.717) is 34.6 Å². The van der Waals surface area contributed by atoms with E-state index < -0.39 is 10.0 Å². The number of pyridine rings is 1. The maximum atomic E-state index is 12.6. The zero-order valence-electron chi connectivity index (χ0n) is 16.8. The quantitative estimate of drug-likeness (QED) is 0.495. The van der Waals surface area contributed by atoms with Crippen LogP contribution in [0, 0.1) is 0 Å². The average Bonchev–Trinajstić information content (AvgIpc) is 2.75. The van der Waals surface area contributed by atoms with E-state index in [1.165, 1.54) is 6.20 Å². The van der Waals surface area contributed by atoms with Crippen LogP contribution in [0.15, 0.2) is 73.1 Å². The minimum absolute atomic E-state index is 0.0408. The third-order valence-corrected chi connectivity index (χ3v) is 5.69. The van der Waals surface area contributed by atoms with Crippen LogP contribution >= 0.6 is 0 Å². The van der Waals surface area contributed by atoms with E-state index in [1.54, 1.807) is 73.8 Å². The van der Waals surface area contributed by atoms with E-state index >= 15 is 0 Å². The molecule has 31 heavy (non-hydrogen) atoms. The molecule has 3 rings (SSSR count). The molecule has 8 nitrogen and oxygen atoms in total. The van der Waals surface area contributed by atoms with Gasteiger partial charge in [-0.05, 0) is 61.0 Å². The summed E-state index contributed by atoms with van der Waals surface area (Å²) in [5.74, 6) is -0.650. The second kappa shape index (κ2) is 9.86. The van der Waals surface area contributed by atoms with Gasteiger partial charge in [0.2, 0.25) is 10.0 Å². The van der Waals surface area contributed by atoms with Crippen LogP contribution in [0.2, 0.25) is 0 Å². The van der Waals surface area contributed by atoms with Crippen molar-refractivity contribution in [2.24, 2.45) is 0 Å². The molecule has 0 spiro atoms. The van der Waals surface area contributed by atoms with Crippen molar-refractivity contribution in [1.29, 1.82) is 0 Å². The Hall–Kier alpha value is -3.72. The first-order chi connectivity index (χ1) is 14.9. The molecule has 0 saturated heterocycles. The lowest BCUT2D eigenvalue weighted by atomic mass is 10.1. The highest BCUT2D eigenvalue weighted by molar-refractivity contribution is 7.92. The zero-order valence-corrected chi connectivity index (χ0v) is 17.6. The molecule has 0 aliphatic carbocycles. The summed E-state index contributed by atoms with van der Waals surface area (Å²) in [5, 5.41) is 5.48. The first kappa shape index (κ1) is 22.0. The zero-order chi connectivity index (χ0) is 22.3. The summed E-state index contributed by atoms with van der Waals surface area (Å²) in [6.45, 7) is 1.79. The van der Waals surface area contributed by atoms with Crippen LogP contribution in [0.1, 0.15) is 34.1 Å². The largest absolute Gasteiger partial charge is 0.322 e. The molecule has 1 heterocycles. The van der Waals surface area contributed by atoms with Crippen molar-refractivity contribution in [2.75, 3.05) is 21.1 Å². The maximum Gasteiger partial charge on any atom is 0.257 e. The number of amides is 2. The van der Waals surface area contributed by atoms with E-state index in [0.717, 1.165) is 0 Å². The fourth-order valence-corrected chi connectivity index (χ4v) is 3.90. The summed E-state index contributed by atoms with van der Waals surface area (Å²) >= 11 is 0. The van der Waals surface area contributed by atoms with Crippen LogP contribution in [0.3, 0.4) is 0 Å². The van der Waals surface area contributed by atoms with Gasteiger partial charge in [-0.15, -0.1) is 0 Å². The molecule has 3 N–H and O–H groups in total. The molecule has 0 aliphatic heterocycles. The topological polar surface area (TPSA) is 117 Å². The molecule has 1 aromatic heterocycles. The minimum Gasteiger partial charge on any atom is -0.322 e. The summed E-state index contributed by atoms with van der Waals surface area (Å²) in [4.78, 5) is 28.7. The molecule has 9 heteroatoms. The van der Waals surface area contributed by atoms with Gasteiger partial charge in [0.15, 0.2) is 0 Å². The number of nitrogens with zero attached hydrogens (tertiary/aromatic N) is 1. The molecule has 2 amide bonds. The van der Waals surface area contributed by atoms with Gasteiger partial charge >= 0.3 is 0 Å². The molecule has 3 aromatic rings. The standard InChI is InChI=1S/C22H22N4O4S/c1-2-13-31(29,30)26-19-10-8-18(9-11-19)24-21(27)16-5-3-7-20(14-16)25-22(28)17-6-4-12-23-15-17/h3-12,14-15,26H,2,13H2,1H3,(H,24,27)(H,25,28). The van der Waals surface area contributed by atoms with E-state index in [-0.39, 0.29) is 17.6 Å². The highest BCUT2D eigenvalue weighted by Crippen LogP contribution is 2.18. The van der Waals surface area contributed by atoms with Crippen molar-refractivity contribution in [1.82, 2.24) is 4.98 Å². The van der Waals surface area contributed by atoms with Crippen LogP contribution < -0.4 is 15.4 Å². The molecule has 0 atom stereocenters.